The van der Waals surface area contributed by atoms with Gasteiger partial charge in [-0.2, -0.15) is 9.36 Å². The van der Waals surface area contributed by atoms with Crippen LogP contribution in [0.4, 0.5) is 0 Å². The maximum absolute atomic E-state index is 10.6. The molecule has 0 bridgehead atoms. The number of esters is 1. The average Bonchev–Trinajstić information content (AvgIpc) is 2.93. The largest absolute Gasteiger partial charge is 0.461 e. The van der Waals surface area contributed by atoms with Crippen LogP contribution in [0.1, 0.15) is 20.8 Å². The zero-order valence-corrected chi connectivity index (χ0v) is 12.9. The number of thioether (sulfide) groups is 1. The summed E-state index contributed by atoms with van der Waals surface area (Å²) in [6.07, 6.45) is 1.53. The lowest BCUT2D eigenvalue weighted by Gasteiger charge is -2.17. The van der Waals surface area contributed by atoms with E-state index in [0.717, 1.165) is 11.5 Å². The third kappa shape index (κ3) is 4.57. The first-order valence-corrected chi connectivity index (χ1v) is 7.49. The molecule has 0 radical (unpaired) electrons. The number of hydrogen-bond acceptors (Lipinski definition) is 9. The molecule has 7 nitrogen and oxygen atoms in total. The van der Waals surface area contributed by atoms with E-state index in [4.69, 9.17) is 18.9 Å². The molecule has 1 aliphatic heterocycles. The third-order valence-electron chi connectivity index (χ3n) is 2.03. The summed E-state index contributed by atoms with van der Waals surface area (Å²) in [7, 11) is 0. The van der Waals surface area contributed by atoms with Gasteiger partial charge in [0.1, 0.15) is 12.2 Å². The van der Waals surface area contributed by atoms with Gasteiger partial charge in [-0.25, -0.2) is 0 Å². The van der Waals surface area contributed by atoms with Gasteiger partial charge >= 0.3 is 5.97 Å². The summed E-state index contributed by atoms with van der Waals surface area (Å²) in [5.41, 5.74) is 0. The van der Waals surface area contributed by atoms with Gasteiger partial charge < -0.3 is 18.9 Å². The number of rotatable bonds is 6. The molecule has 20 heavy (non-hydrogen) atoms. The van der Waals surface area contributed by atoms with Crippen LogP contribution in [-0.4, -0.2) is 33.7 Å². The maximum Gasteiger partial charge on any atom is 0.303 e. The lowest BCUT2D eigenvalue weighted by atomic mass is 10.4. The van der Waals surface area contributed by atoms with Gasteiger partial charge in [-0.05, 0) is 11.8 Å². The zero-order chi connectivity index (χ0) is 14.6. The van der Waals surface area contributed by atoms with E-state index in [2.05, 4.69) is 9.36 Å². The van der Waals surface area contributed by atoms with E-state index in [1.807, 2.05) is 13.8 Å². The molecule has 0 aliphatic carbocycles. The Kier molecular flexibility index (Phi) is 4.71. The summed E-state index contributed by atoms with van der Waals surface area (Å²) >= 11 is 2.35. The number of ether oxygens (including phenoxy) is 4. The number of nitrogens with zero attached hydrogens (tertiary/aromatic N) is 2. The number of hydrogen-bond donors (Lipinski definition) is 0. The van der Waals surface area contributed by atoms with Crippen molar-refractivity contribution < 1.29 is 23.7 Å². The Balaban J connectivity index is 1.74. The molecule has 0 saturated carbocycles. The standard InChI is InChI=1S/C11H14N2O5S2/c1-7(14)16-6-19-9-12-10(20-13-9)15-4-8-5-17-11(2,3)18-8/h5H,4,6H2,1-3H3. The minimum Gasteiger partial charge on any atom is -0.461 e. The zero-order valence-electron chi connectivity index (χ0n) is 11.2. The van der Waals surface area contributed by atoms with Crippen LogP contribution in [-0.2, 0) is 19.0 Å². The van der Waals surface area contributed by atoms with Gasteiger partial charge in [-0.1, -0.05) is 0 Å². The fraction of sp³-hybridized carbons (Fsp3) is 0.545. The van der Waals surface area contributed by atoms with E-state index >= 15 is 0 Å². The summed E-state index contributed by atoms with van der Waals surface area (Å²) in [5, 5.41) is 0.925. The highest BCUT2D eigenvalue weighted by Crippen LogP contribution is 2.26. The van der Waals surface area contributed by atoms with Crippen molar-refractivity contribution in [1.29, 1.82) is 0 Å². The second-order valence-electron chi connectivity index (χ2n) is 4.23. The van der Waals surface area contributed by atoms with Gasteiger partial charge in [0.05, 0.1) is 0 Å². The summed E-state index contributed by atoms with van der Waals surface area (Å²) < 4.78 is 25.0. The number of carbonyl (C=O) groups excluding carboxylic acids is 1. The SMILES string of the molecule is CC(=O)OCSc1nsc(OCC2=COC(C)(C)O2)n1. The van der Waals surface area contributed by atoms with Gasteiger partial charge in [0, 0.05) is 32.3 Å². The first kappa shape index (κ1) is 14.9. The van der Waals surface area contributed by atoms with Crippen molar-refractivity contribution in [3.05, 3.63) is 12.0 Å². The molecule has 2 heterocycles. The van der Waals surface area contributed by atoms with Gasteiger partial charge in [0.2, 0.25) is 10.9 Å². The number of aromatic nitrogens is 2. The molecule has 1 aliphatic rings. The molecule has 0 aromatic carbocycles. The van der Waals surface area contributed by atoms with Crippen molar-refractivity contribution >= 4 is 29.3 Å². The first-order chi connectivity index (χ1) is 9.44. The Hall–Kier alpha value is -1.48. The van der Waals surface area contributed by atoms with E-state index in [1.165, 1.54) is 24.9 Å². The van der Waals surface area contributed by atoms with Gasteiger partial charge in [-0.3, -0.25) is 4.79 Å². The molecule has 0 spiro atoms. The summed E-state index contributed by atoms with van der Waals surface area (Å²) in [6, 6.07) is 0. The van der Waals surface area contributed by atoms with Crippen LogP contribution in [0, 0.1) is 0 Å². The molecule has 1 aromatic heterocycles. The summed E-state index contributed by atoms with van der Waals surface area (Å²) in [4.78, 5) is 14.7. The van der Waals surface area contributed by atoms with Crippen LogP contribution in [0.25, 0.3) is 0 Å². The molecule has 0 amide bonds. The van der Waals surface area contributed by atoms with E-state index in [1.54, 1.807) is 0 Å². The molecule has 0 atom stereocenters. The lowest BCUT2D eigenvalue weighted by molar-refractivity contribution is -0.138. The predicted octanol–water partition coefficient (Wildman–Crippen LogP) is 2.15. The molecule has 0 N–H and O–H groups in total. The molecular formula is C11H14N2O5S2. The van der Waals surface area contributed by atoms with Crippen molar-refractivity contribution in [2.45, 2.75) is 31.7 Å². The Morgan fingerprint density at radius 2 is 2.35 bits per heavy atom. The molecular weight excluding hydrogens is 304 g/mol. The van der Waals surface area contributed by atoms with Crippen LogP contribution in [0.15, 0.2) is 17.2 Å². The maximum atomic E-state index is 10.6. The minimum absolute atomic E-state index is 0.182. The Bertz CT molecular complexity index is 515. The van der Waals surface area contributed by atoms with E-state index in [-0.39, 0.29) is 18.5 Å². The lowest BCUT2D eigenvalue weighted by Crippen LogP contribution is -2.21. The average molecular weight is 318 g/mol. The van der Waals surface area contributed by atoms with Gasteiger partial charge in [-0.15, -0.1) is 0 Å². The van der Waals surface area contributed by atoms with Crippen LogP contribution in [0.5, 0.6) is 5.19 Å². The Morgan fingerprint density at radius 1 is 1.55 bits per heavy atom. The fourth-order valence-electron chi connectivity index (χ4n) is 1.25. The third-order valence-corrected chi connectivity index (χ3v) is 3.45. The molecule has 1 aromatic rings. The van der Waals surface area contributed by atoms with Crippen molar-refractivity contribution in [1.82, 2.24) is 9.36 Å². The van der Waals surface area contributed by atoms with Crippen molar-refractivity contribution in [3.8, 4) is 5.19 Å². The molecule has 2 rings (SSSR count). The fourth-order valence-corrected chi connectivity index (χ4v) is 2.54. The second kappa shape index (κ2) is 6.31. The van der Waals surface area contributed by atoms with Crippen LogP contribution < -0.4 is 4.74 Å². The molecule has 110 valence electrons. The smallest absolute Gasteiger partial charge is 0.303 e. The van der Waals surface area contributed by atoms with Crippen LogP contribution in [0.3, 0.4) is 0 Å². The van der Waals surface area contributed by atoms with Crippen molar-refractivity contribution in [2.75, 3.05) is 12.5 Å². The molecule has 9 heteroatoms. The van der Waals surface area contributed by atoms with Crippen LogP contribution in [0.2, 0.25) is 0 Å². The van der Waals surface area contributed by atoms with E-state index in [9.17, 15) is 4.79 Å². The van der Waals surface area contributed by atoms with E-state index < -0.39 is 5.79 Å². The number of carbonyl (C=O) groups is 1. The predicted molar refractivity (Wildman–Crippen MR) is 72.2 cm³/mol. The van der Waals surface area contributed by atoms with Gasteiger partial charge in [0.25, 0.3) is 5.19 Å². The second-order valence-corrected chi connectivity index (χ2v) is 5.84. The molecule has 0 unspecified atom stereocenters. The highest BCUT2D eigenvalue weighted by molar-refractivity contribution is 7.99. The summed E-state index contributed by atoms with van der Waals surface area (Å²) in [5.74, 6) is -0.205. The highest BCUT2D eigenvalue weighted by Gasteiger charge is 2.27. The van der Waals surface area contributed by atoms with Crippen LogP contribution >= 0.6 is 23.3 Å². The summed E-state index contributed by atoms with van der Waals surface area (Å²) in [6.45, 7) is 5.20. The monoisotopic (exact) mass is 318 g/mol. The van der Waals surface area contributed by atoms with Crippen molar-refractivity contribution in [2.24, 2.45) is 0 Å². The molecule has 0 saturated heterocycles. The quantitative estimate of drug-likeness (QED) is 0.448. The Morgan fingerprint density at radius 3 is 3.00 bits per heavy atom. The minimum atomic E-state index is -0.648. The topological polar surface area (TPSA) is 79.8 Å². The molecule has 0 fully saturated rings. The van der Waals surface area contributed by atoms with E-state index in [0.29, 0.717) is 16.1 Å². The van der Waals surface area contributed by atoms with Gasteiger partial charge in [0.15, 0.2) is 12.4 Å². The highest BCUT2D eigenvalue weighted by atomic mass is 32.2. The Labute approximate surface area is 124 Å². The first-order valence-electron chi connectivity index (χ1n) is 5.73. The van der Waals surface area contributed by atoms with Crippen molar-refractivity contribution in [3.63, 3.8) is 0 Å². The normalized spacial score (nSPS) is 16.1.